The summed E-state index contributed by atoms with van der Waals surface area (Å²) in [4.78, 5) is 0. The summed E-state index contributed by atoms with van der Waals surface area (Å²) in [5.41, 5.74) is 4.17. The number of hydrogen-bond donors (Lipinski definition) is 0. The number of hydrazone groups is 2. The molecule has 4 nitrogen and oxygen atoms in total. The van der Waals surface area contributed by atoms with Gasteiger partial charge in [0.25, 0.3) is 0 Å². The van der Waals surface area contributed by atoms with Crippen LogP contribution in [-0.2, 0) is 0 Å². The third kappa shape index (κ3) is 5.91. The fourth-order valence-corrected chi connectivity index (χ4v) is 5.52. The Morgan fingerprint density at radius 2 is 0.857 bits per heavy atom. The van der Waals surface area contributed by atoms with Gasteiger partial charge in [-0.05, 0) is 77.4 Å². The lowest BCUT2D eigenvalue weighted by molar-refractivity contribution is 1.10. The van der Waals surface area contributed by atoms with E-state index in [4.69, 9.17) is 10.2 Å². The van der Waals surface area contributed by atoms with Crippen LogP contribution in [0.3, 0.4) is 0 Å². The summed E-state index contributed by atoms with van der Waals surface area (Å²) in [6, 6.07) is 20.8. The molecule has 0 saturated carbocycles. The van der Waals surface area contributed by atoms with Crippen molar-refractivity contribution < 1.29 is 0 Å². The topological polar surface area (TPSA) is 31.2 Å². The molecule has 0 radical (unpaired) electrons. The molecule has 2 aromatic rings. The number of nitrogens with zero attached hydrogens (tertiary/aromatic N) is 4. The lowest BCUT2D eigenvalue weighted by Gasteiger charge is -2.33. The Bertz CT molecular complexity index is 748. The van der Waals surface area contributed by atoms with E-state index in [2.05, 4.69) is 111 Å². The Hall–Kier alpha value is -2.19. The van der Waals surface area contributed by atoms with E-state index in [1.54, 1.807) is 0 Å². The molecule has 0 aliphatic rings. The standard InChI is InChI=1S/C22H34N4Si2/c1-19(23-25(27(3,4)5)21-15-11-9-12-16-21)20(2)24-26(28(6,7)8)22-17-13-10-14-18-22/h9-18H,1-8H3. The highest BCUT2D eigenvalue weighted by atomic mass is 28.3. The monoisotopic (exact) mass is 410 g/mol. The van der Waals surface area contributed by atoms with Gasteiger partial charge >= 0.3 is 0 Å². The van der Waals surface area contributed by atoms with Crippen molar-refractivity contribution in [2.75, 3.05) is 9.35 Å². The van der Waals surface area contributed by atoms with Gasteiger partial charge in [-0.1, -0.05) is 36.4 Å². The molecule has 0 aromatic heterocycles. The van der Waals surface area contributed by atoms with E-state index in [1.165, 1.54) is 0 Å². The summed E-state index contributed by atoms with van der Waals surface area (Å²) in [6.07, 6.45) is 0. The Kier molecular flexibility index (Phi) is 7.01. The Morgan fingerprint density at radius 1 is 0.571 bits per heavy atom. The molecule has 6 heteroatoms. The maximum absolute atomic E-state index is 5.02. The van der Waals surface area contributed by atoms with Crippen molar-refractivity contribution in [2.45, 2.75) is 53.1 Å². The summed E-state index contributed by atoms with van der Waals surface area (Å²) in [5.74, 6) is 0. The molecule has 0 saturated heterocycles. The zero-order chi connectivity index (χ0) is 20.9. The molecule has 0 atom stereocenters. The van der Waals surface area contributed by atoms with Crippen LogP contribution in [-0.4, -0.2) is 27.9 Å². The second-order valence-corrected chi connectivity index (χ2v) is 18.5. The maximum atomic E-state index is 5.02. The van der Waals surface area contributed by atoms with Crippen LogP contribution in [0.25, 0.3) is 0 Å². The molecule has 2 aromatic carbocycles. The van der Waals surface area contributed by atoms with Crippen LogP contribution in [0, 0.1) is 0 Å². The molecule has 0 spiro atoms. The first-order valence-corrected chi connectivity index (χ1v) is 16.7. The van der Waals surface area contributed by atoms with Crippen LogP contribution in [0.1, 0.15) is 13.8 Å². The van der Waals surface area contributed by atoms with E-state index in [0.717, 1.165) is 22.8 Å². The molecule has 28 heavy (non-hydrogen) atoms. The van der Waals surface area contributed by atoms with E-state index in [9.17, 15) is 0 Å². The van der Waals surface area contributed by atoms with E-state index < -0.39 is 16.5 Å². The zero-order valence-electron chi connectivity index (χ0n) is 18.6. The van der Waals surface area contributed by atoms with Crippen LogP contribution >= 0.6 is 0 Å². The molecule has 0 bridgehead atoms. The average Bonchev–Trinajstić information content (AvgIpc) is 2.63. The van der Waals surface area contributed by atoms with Crippen LogP contribution in [0.2, 0.25) is 39.3 Å². The van der Waals surface area contributed by atoms with Gasteiger partial charge in [0.2, 0.25) is 0 Å². The summed E-state index contributed by atoms with van der Waals surface area (Å²) in [7, 11) is -3.38. The van der Waals surface area contributed by atoms with Crippen molar-refractivity contribution in [2.24, 2.45) is 10.2 Å². The second kappa shape index (κ2) is 8.88. The molecule has 0 aliphatic heterocycles. The van der Waals surface area contributed by atoms with Crippen LogP contribution < -0.4 is 9.35 Å². The van der Waals surface area contributed by atoms with Crippen molar-refractivity contribution in [3.63, 3.8) is 0 Å². The van der Waals surface area contributed by atoms with Gasteiger partial charge in [-0.15, -0.1) is 0 Å². The van der Waals surface area contributed by atoms with E-state index >= 15 is 0 Å². The highest BCUT2D eigenvalue weighted by molar-refractivity contribution is 6.80. The summed E-state index contributed by atoms with van der Waals surface area (Å²) >= 11 is 0. The lowest BCUT2D eigenvalue weighted by Crippen LogP contribution is -2.44. The molecule has 2 rings (SSSR count). The Balaban J connectivity index is 2.42. The minimum atomic E-state index is -1.69. The quantitative estimate of drug-likeness (QED) is 0.299. The first-order chi connectivity index (χ1) is 13.0. The van der Waals surface area contributed by atoms with Crippen molar-refractivity contribution in [3.05, 3.63) is 60.7 Å². The van der Waals surface area contributed by atoms with Crippen molar-refractivity contribution in [1.29, 1.82) is 0 Å². The van der Waals surface area contributed by atoms with Crippen LogP contribution in [0.15, 0.2) is 70.9 Å². The van der Waals surface area contributed by atoms with Gasteiger partial charge < -0.3 is 0 Å². The van der Waals surface area contributed by atoms with Gasteiger partial charge in [-0.3, -0.25) is 9.35 Å². The van der Waals surface area contributed by atoms with Crippen LogP contribution in [0.4, 0.5) is 11.4 Å². The largest absolute Gasteiger partial charge is 0.295 e. The average molecular weight is 411 g/mol. The fourth-order valence-electron chi connectivity index (χ4n) is 2.77. The Morgan fingerprint density at radius 3 is 1.11 bits per heavy atom. The molecular weight excluding hydrogens is 376 g/mol. The molecule has 0 unspecified atom stereocenters. The van der Waals surface area contributed by atoms with Crippen molar-refractivity contribution in [3.8, 4) is 0 Å². The molecule has 0 amide bonds. The molecule has 0 aliphatic carbocycles. The lowest BCUT2D eigenvalue weighted by atomic mass is 10.3. The molecule has 0 fully saturated rings. The third-order valence-electron chi connectivity index (χ3n) is 4.30. The SMILES string of the molecule is CC(=NN(c1ccccc1)[Si](C)(C)C)C(C)=NN(c1ccccc1)[Si](C)(C)C. The second-order valence-electron chi connectivity index (χ2n) is 9.01. The number of rotatable bonds is 7. The number of hydrogen-bond acceptors (Lipinski definition) is 4. The normalized spacial score (nSPS) is 13.4. The maximum Gasteiger partial charge on any atom is 0.176 e. The highest BCUT2D eigenvalue weighted by Gasteiger charge is 2.27. The van der Waals surface area contributed by atoms with Gasteiger partial charge in [-0.25, -0.2) is 0 Å². The molecule has 0 heterocycles. The van der Waals surface area contributed by atoms with Gasteiger partial charge in [0, 0.05) is 11.4 Å². The Labute approximate surface area is 172 Å². The molecule has 0 N–H and O–H groups in total. The summed E-state index contributed by atoms with van der Waals surface area (Å²) < 4.78 is 4.42. The zero-order valence-corrected chi connectivity index (χ0v) is 20.6. The highest BCUT2D eigenvalue weighted by Crippen LogP contribution is 2.23. The number of anilines is 2. The minimum absolute atomic E-state index is 0.949. The van der Waals surface area contributed by atoms with Gasteiger partial charge in [-0.2, -0.15) is 10.2 Å². The van der Waals surface area contributed by atoms with Gasteiger partial charge in [0.1, 0.15) is 0 Å². The predicted molar refractivity (Wildman–Crippen MR) is 131 cm³/mol. The molecular formula is C22H34N4Si2. The number of benzene rings is 2. The number of para-hydroxylation sites is 2. The first kappa shape index (κ1) is 22.1. The van der Waals surface area contributed by atoms with Crippen molar-refractivity contribution in [1.82, 2.24) is 0 Å². The molecule has 150 valence electrons. The van der Waals surface area contributed by atoms with Crippen LogP contribution in [0.5, 0.6) is 0 Å². The fraction of sp³-hybridized carbons (Fsp3) is 0.364. The van der Waals surface area contributed by atoms with E-state index in [-0.39, 0.29) is 0 Å². The predicted octanol–water partition coefficient (Wildman–Crippen LogP) is 6.42. The van der Waals surface area contributed by atoms with E-state index in [1.807, 2.05) is 12.1 Å². The third-order valence-corrected chi connectivity index (χ3v) is 7.55. The van der Waals surface area contributed by atoms with Crippen molar-refractivity contribution >= 4 is 39.3 Å². The van der Waals surface area contributed by atoms with E-state index in [0.29, 0.717) is 0 Å². The van der Waals surface area contributed by atoms with Gasteiger partial charge in [0.15, 0.2) is 16.5 Å². The first-order valence-electron chi connectivity index (χ1n) is 9.81. The summed E-state index contributed by atoms with van der Waals surface area (Å²) in [6.45, 7) is 18.0. The van der Waals surface area contributed by atoms with Gasteiger partial charge in [0.05, 0.1) is 11.4 Å². The smallest absolute Gasteiger partial charge is 0.176 e. The minimum Gasteiger partial charge on any atom is -0.295 e. The summed E-state index contributed by atoms with van der Waals surface area (Å²) in [5, 5.41) is 10.0.